The monoisotopic (exact) mass is 377 g/mol. The number of aromatic nitrogens is 1. The van der Waals surface area contributed by atoms with Crippen LogP contribution in [0, 0.1) is 6.92 Å². The van der Waals surface area contributed by atoms with Gasteiger partial charge in [-0.1, -0.05) is 18.2 Å². The van der Waals surface area contributed by atoms with Crippen molar-refractivity contribution in [1.82, 2.24) is 10.3 Å². The van der Waals surface area contributed by atoms with Crippen molar-refractivity contribution in [3.8, 4) is 5.75 Å². The predicted molar refractivity (Wildman–Crippen MR) is 96.1 cm³/mol. The molecular formula is C19H21F2N3O3. The zero-order chi connectivity index (χ0) is 19.6. The second kappa shape index (κ2) is 7.48. The molecule has 3 rings (SSSR count). The summed E-state index contributed by atoms with van der Waals surface area (Å²) in [5.41, 5.74) is 1.11. The summed E-state index contributed by atoms with van der Waals surface area (Å²) in [6, 6.07) is 7.35. The third-order valence-corrected chi connectivity index (χ3v) is 4.46. The van der Waals surface area contributed by atoms with Crippen LogP contribution in [0.5, 0.6) is 5.75 Å². The van der Waals surface area contributed by atoms with E-state index < -0.39 is 5.92 Å². The van der Waals surface area contributed by atoms with E-state index in [2.05, 4.69) is 10.3 Å². The number of carbonyl (C=O) groups excluding carboxylic acids is 1. The molecule has 6 nitrogen and oxygen atoms in total. The molecule has 1 aliphatic rings. The van der Waals surface area contributed by atoms with E-state index in [4.69, 9.17) is 9.84 Å². The summed E-state index contributed by atoms with van der Waals surface area (Å²) in [6.07, 6.45) is 1.44. The fraction of sp³-hybridized carbons (Fsp3) is 0.368. The van der Waals surface area contributed by atoms with Crippen molar-refractivity contribution in [3.63, 3.8) is 0 Å². The van der Waals surface area contributed by atoms with Crippen molar-refractivity contribution in [2.45, 2.75) is 32.4 Å². The number of anilines is 1. The van der Waals surface area contributed by atoms with Gasteiger partial charge in [-0.15, -0.1) is 0 Å². The molecule has 2 aromatic rings. The predicted octanol–water partition coefficient (Wildman–Crippen LogP) is 2.97. The van der Waals surface area contributed by atoms with E-state index in [9.17, 15) is 13.6 Å². The van der Waals surface area contributed by atoms with Crippen molar-refractivity contribution in [2.24, 2.45) is 0 Å². The minimum atomic E-state index is -2.96. The Morgan fingerprint density at radius 3 is 2.74 bits per heavy atom. The minimum Gasteiger partial charge on any atom is -0.487 e. The van der Waals surface area contributed by atoms with Gasteiger partial charge >= 0.3 is 6.03 Å². The molecule has 1 aliphatic heterocycles. The zero-order valence-corrected chi connectivity index (χ0v) is 15.1. The number of carbonyl (C=O) groups is 1. The summed E-state index contributed by atoms with van der Waals surface area (Å²) in [4.78, 5) is 17.5. The van der Waals surface area contributed by atoms with Crippen LogP contribution in [0.4, 0.5) is 19.4 Å². The minimum absolute atomic E-state index is 0.0107. The number of nitrogens with zero attached hydrogens (tertiary/aromatic N) is 2. The number of benzene rings is 1. The maximum Gasteiger partial charge on any atom is 0.323 e. The van der Waals surface area contributed by atoms with E-state index in [0.717, 1.165) is 12.5 Å². The number of hydrogen-bond donors (Lipinski definition) is 2. The summed E-state index contributed by atoms with van der Waals surface area (Å²) in [5, 5.41) is 11.8. The molecule has 2 N–H and O–H groups in total. The average molecular weight is 377 g/mol. The van der Waals surface area contributed by atoms with E-state index >= 15 is 0 Å². The van der Waals surface area contributed by atoms with Gasteiger partial charge in [-0.3, -0.25) is 4.90 Å². The van der Waals surface area contributed by atoms with Gasteiger partial charge in [0.05, 0.1) is 25.4 Å². The van der Waals surface area contributed by atoms with E-state index in [1.54, 1.807) is 31.2 Å². The number of aryl methyl sites for hydroxylation is 1. The number of urea groups is 1. The molecule has 2 heterocycles. The standard InChI is InChI=1S/C19H21F2N3O3/c1-12-4-3-5-16(19(2,20)21)15(12)11-27-14-6-7-17(22-8-14)24-9-13(10-25)23-18(24)26/h3-8,13,25H,9-11H2,1-2H3,(H,23,26). The zero-order valence-electron chi connectivity index (χ0n) is 15.1. The molecular weight excluding hydrogens is 356 g/mol. The number of aliphatic hydroxyl groups excluding tert-OH is 1. The fourth-order valence-corrected chi connectivity index (χ4v) is 2.98. The van der Waals surface area contributed by atoms with E-state index in [0.29, 0.717) is 23.7 Å². The van der Waals surface area contributed by atoms with E-state index in [1.807, 2.05) is 0 Å². The van der Waals surface area contributed by atoms with E-state index in [-0.39, 0.29) is 30.9 Å². The Morgan fingerprint density at radius 1 is 1.37 bits per heavy atom. The Balaban J connectivity index is 1.71. The number of alkyl halides is 2. The van der Waals surface area contributed by atoms with Crippen molar-refractivity contribution in [3.05, 3.63) is 53.2 Å². The molecule has 144 valence electrons. The summed E-state index contributed by atoms with van der Waals surface area (Å²) in [5.74, 6) is -2.13. The topological polar surface area (TPSA) is 74.7 Å². The molecule has 1 fully saturated rings. The van der Waals surface area contributed by atoms with Gasteiger partial charge in [0.15, 0.2) is 0 Å². The first kappa shape index (κ1) is 19.0. The average Bonchev–Trinajstić information content (AvgIpc) is 3.01. The highest BCUT2D eigenvalue weighted by Crippen LogP contribution is 2.32. The second-order valence-electron chi connectivity index (χ2n) is 6.57. The third kappa shape index (κ3) is 4.16. The van der Waals surface area contributed by atoms with Crippen LogP contribution in [0.15, 0.2) is 36.5 Å². The quantitative estimate of drug-likeness (QED) is 0.812. The Kier molecular flexibility index (Phi) is 5.27. The first-order valence-electron chi connectivity index (χ1n) is 8.54. The number of hydrogen-bond acceptors (Lipinski definition) is 4. The molecule has 0 bridgehead atoms. The number of ether oxygens (including phenoxy) is 1. The SMILES string of the molecule is Cc1cccc(C(C)(F)F)c1COc1ccc(N2CC(CO)NC2=O)nc1. The number of aliphatic hydroxyl groups is 1. The summed E-state index contributed by atoms with van der Waals surface area (Å²) in [6.45, 7) is 2.79. The first-order chi connectivity index (χ1) is 12.8. The van der Waals surface area contributed by atoms with Gasteiger partial charge in [0.1, 0.15) is 18.2 Å². The van der Waals surface area contributed by atoms with Crippen LogP contribution in [0.3, 0.4) is 0 Å². The smallest absolute Gasteiger partial charge is 0.323 e. The molecule has 8 heteroatoms. The molecule has 27 heavy (non-hydrogen) atoms. The lowest BCUT2D eigenvalue weighted by molar-refractivity contribution is 0.0155. The summed E-state index contributed by atoms with van der Waals surface area (Å²) >= 11 is 0. The third-order valence-electron chi connectivity index (χ3n) is 4.46. The number of rotatable bonds is 6. The highest BCUT2D eigenvalue weighted by Gasteiger charge is 2.30. The van der Waals surface area contributed by atoms with Gasteiger partial charge in [-0.05, 0) is 24.6 Å². The summed E-state index contributed by atoms with van der Waals surface area (Å²) < 4.78 is 33.3. The molecule has 1 saturated heterocycles. The highest BCUT2D eigenvalue weighted by molar-refractivity contribution is 5.93. The molecule has 1 aromatic heterocycles. The van der Waals surface area contributed by atoms with Crippen LogP contribution < -0.4 is 15.0 Å². The maximum atomic E-state index is 13.8. The number of halogens is 2. The van der Waals surface area contributed by atoms with Crippen molar-refractivity contribution < 1.29 is 23.4 Å². The highest BCUT2D eigenvalue weighted by atomic mass is 19.3. The molecule has 1 unspecified atom stereocenters. The Labute approximate surface area is 155 Å². The molecule has 1 atom stereocenters. The van der Waals surface area contributed by atoms with Gasteiger partial charge in [-0.2, -0.15) is 0 Å². The lowest BCUT2D eigenvalue weighted by atomic mass is 9.98. The van der Waals surface area contributed by atoms with Crippen LogP contribution in [-0.2, 0) is 12.5 Å². The van der Waals surface area contributed by atoms with E-state index in [1.165, 1.54) is 17.2 Å². The lowest BCUT2D eigenvalue weighted by Crippen LogP contribution is -2.30. The van der Waals surface area contributed by atoms with Gasteiger partial charge < -0.3 is 15.2 Å². The van der Waals surface area contributed by atoms with Gasteiger partial charge in [0.2, 0.25) is 0 Å². The largest absolute Gasteiger partial charge is 0.487 e. The van der Waals surface area contributed by atoms with Crippen LogP contribution in [0.25, 0.3) is 0 Å². The van der Waals surface area contributed by atoms with Gasteiger partial charge in [0, 0.05) is 18.1 Å². The molecule has 0 saturated carbocycles. The molecule has 0 aliphatic carbocycles. The normalized spacial score (nSPS) is 17.1. The van der Waals surface area contributed by atoms with Crippen LogP contribution >= 0.6 is 0 Å². The number of amides is 2. The number of nitrogens with one attached hydrogen (secondary N) is 1. The fourth-order valence-electron chi connectivity index (χ4n) is 2.98. The lowest BCUT2D eigenvalue weighted by Gasteiger charge is -2.18. The number of pyridine rings is 1. The Morgan fingerprint density at radius 2 is 2.15 bits per heavy atom. The van der Waals surface area contributed by atoms with Crippen molar-refractivity contribution in [2.75, 3.05) is 18.1 Å². The Bertz CT molecular complexity index is 822. The van der Waals surface area contributed by atoms with Crippen LogP contribution in [-0.4, -0.2) is 35.3 Å². The van der Waals surface area contributed by atoms with Crippen LogP contribution in [0.1, 0.15) is 23.6 Å². The summed E-state index contributed by atoms with van der Waals surface area (Å²) in [7, 11) is 0. The van der Waals surface area contributed by atoms with Gasteiger partial charge in [-0.25, -0.2) is 18.6 Å². The molecule has 1 aromatic carbocycles. The Hall–Kier alpha value is -2.74. The van der Waals surface area contributed by atoms with Crippen molar-refractivity contribution >= 4 is 11.8 Å². The maximum absolute atomic E-state index is 13.8. The second-order valence-corrected chi connectivity index (χ2v) is 6.57. The van der Waals surface area contributed by atoms with Gasteiger partial charge in [0.25, 0.3) is 5.92 Å². The van der Waals surface area contributed by atoms with Crippen molar-refractivity contribution in [1.29, 1.82) is 0 Å². The molecule has 0 radical (unpaired) electrons. The first-order valence-corrected chi connectivity index (χ1v) is 8.54. The molecule has 0 spiro atoms. The molecule has 2 amide bonds. The van der Waals surface area contributed by atoms with Crippen LogP contribution in [0.2, 0.25) is 0 Å².